The molecule has 0 unspecified atom stereocenters. The molecule has 1 aliphatic heterocycles. The Morgan fingerprint density at radius 2 is 1.59 bits per heavy atom. The summed E-state index contributed by atoms with van der Waals surface area (Å²) in [5, 5.41) is 5.29. The molecular weight excluding hydrogens is 412 g/mol. The number of urea groups is 1. The first-order valence-corrected chi connectivity index (χ1v) is 10.3. The Bertz CT molecular complexity index is 971. The van der Waals surface area contributed by atoms with E-state index in [9.17, 15) is 19.2 Å². The van der Waals surface area contributed by atoms with Crippen LogP contribution in [0, 0.1) is 6.92 Å². The van der Waals surface area contributed by atoms with E-state index < -0.39 is 12.6 Å². The number of hydrogen-bond acceptors (Lipinski definition) is 5. The third-order valence-electron chi connectivity index (χ3n) is 4.97. The number of esters is 1. The van der Waals surface area contributed by atoms with Crippen LogP contribution in [0.4, 0.5) is 10.5 Å². The third kappa shape index (κ3) is 6.56. The van der Waals surface area contributed by atoms with Gasteiger partial charge in [-0.25, -0.2) is 4.79 Å². The summed E-state index contributed by atoms with van der Waals surface area (Å²) in [6.07, 6.45) is 0. The second-order valence-electron chi connectivity index (χ2n) is 7.38. The molecule has 0 radical (unpaired) electrons. The first-order chi connectivity index (χ1) is 15.4. The van der Waals surface area contributed by atoms with E-state index >= 15 is 0 Å². The fraction of sp³-hybridized carbons (Fsp3) is 0.304. The maximum absolute atomic E-state index is 12.3. The van der Waals surface area contributed by atoms with Gasteiger partial charge in [-0.2, -0.15) is 0 Å². The van der Waals surface area contributed by atoms with E-state index in [-0.39, 0.29) is 24.4 Å². The molecule has 9 heteroatoms. The van der Waals surface area contributed by atoms with E-state index in [0.29, 0.717) is 37.4 Å². The summed E-state index contributed by atoms with van der Waals surface area (Å²) in [4.78, 5) is 51.7. The average Bonchev–Trinajstić information content (AvgIpc) is 2.81. The maximum Gasteiger partial charge on any atom is 0.325 e. The molecule has 32 heavy (non-hydrogen) atoms. The molecule has 1 heterocycles. The van der Waals surface area contributed by atoms with Gasteiger partial charge in [0.2, 0.25) is 0 Å². The quantitative estimate of drug-likeness (QED) is 0.667. The standard InChI is InChI=1S/C23H26N4O5/c1-17-6-5-7-18(14-17)22(30)24-15-21(29)32-16-20(28)26-10-12-27(13-11-26)23(31)25-19-8-3-2-4-9-19/h2-9,14H,10-13,15-16H2,1H3,(H,24,30)(H,25,31). The number of carbonyl (C=O) groups excluding carboxylic acids is 4. The van der Waals surface area contributed by atoms with Crippen LogP contribution in [-0.2, 0) is 14.3 Å². The number of amides is 4. The van der Waals surface area contributed by atoms with E-state index in [2.05, 4.69) is 10.6 Å². The number of hydrogen-bond donors (Lipinski definition) is 2. The Kier molecular flexibility index (Phi) is 7.80. The number of rotatable bonds is 6. The Hall–Kier alpha value is -3.88. The lowest BCUT2D eigenvalue weighted by Crippen LogP contribution is -2.52. The van der Waals surface area contributed by atoms with E-state index in [1.807, 2.05) is 31.2 Å². The Morgan fingerprint density at radius 3 is 2.28 bits per heavy atom. The van der Waals surface area contributed by atoms with Crippen molar-refractivity contribution in [1.82, 2.24) is 15.1 Å². The predicted molar refractivity (Wildman–Crippen MR) is 118 cm³/mol. The van der Waals surface area contributed by atoms with E-state index in [0.717, 1.165) is 5.56 Å². The van der Waals surface area contributed by atoms with Crippen LogP contribution in [0.5, 0.6) is 0 Å². The highest BCUT2D eigenvalue weighted by Gasteiger charge is 2.25. The molecule has 2 N–H and O–H groups in total. The lowest BCUT2D eigenvalue weighted by atomic mass is 10.1. The highest BCUT2D eigenvalue weighted by atomic mass is 16.5. The molecular formula is C23H26N4O5. The highest BCUT2D eigenvalue weighted by molar-refractivity contribution is 5.96. The van der Waals surface area contributed by atoms with Gasteiger partial charge >= 0.3 is 12.0 Å². The topological polar surface area (TPSA) is 108 Å². The molecule has 2 aromatic carbocycles. The van der Waals surface area contributed by atoms with E-state index in [1.165, 1.54) is 0 Å². The first kappa shape index (κ1) is 22.8. The number of piperazine rings is 1. The van der Waals surface area contributed by atoms with Gasteiger partial charge in [-0.15, -0.1) is 0 Å². The Balaban J connectivity index is 1.35. The van der Waals surface area contributed by atoms with Crippen molar-refractivity contribution in [2.75, 3.05) is 44.6 Å². The van der Waals surface area contributed by atoms with Crippen LogP contribution in [0.3, 0.4) is 0 Å². The SMILES string of the molecule is Cc1cccc(C(=O)NCC(=O)OCC(=O)N2CCN(C(=O)Nc3ccccc3)CC2)c1. The largest absolute Gasteiger partial charge is 0.454 e. The lowest BCUT2D eigenvalue weighted by molar-refractivity contribution is -0.151. The average molecular weight is 438 g/mol. The molecule has 168 valence electrons. The number of ether oxygens (including phenoxy) is 1. The van der Waals surface area contributed by atoms with Crippen molar-refractivity contribution >= 4 is 29.5 Å². The van der Waals surface area contributed by atoms with Crippen LogP contribution >= 0.6 is 0 Å². The normalized spacial score (nSPS) is 13.3. The molecule has 9 nitrogen and oxygen atoms in total. The minimum Gasteiger partial charge on any atom is -0.454 e. The van der Waals surface area contributed by atoms with Crippen LogP contribution in [-0.4, -0.2) is 72.9 Å². The minimum atomic E-state index is -0.694. The van der Waals surface area contributed by atoms with Gasteiger partial charge in [-0.3, -0.25) is 14.4 Å². The van der Waals surface area contributed by atoms with Crippen LogP contribution in [0.1, 0.15) is 15.9 Å². The van der Waals surface area contributed by atoms with Crippen LogP contribution in [0.2, 0.25) is 0 Å². The molecule has 0 spiro atoms. The Morgan fingerprint density at radius 1 is 0.906 bits per heavy atom. The molecule has 1 saturated heterocycles. The summed E-state index contributed by atoms with van der Waals surface area (Å²) in [6, 6.07) is 15.9. The zero-order chi connectivity index (χ0) is 22.9. The number of nitrogens with one attached hydrogen (secondary N) is 2. The second-order valence-corrected chi connectivity index (χ2v) is 7.38. The van der Waals surface area contributed by atoms with Gasteiger partial charge in [0.25, 0.3) is 11.8 Å². The van der Waals surface area contributed by atoms with Crippen LogP contribution in [0.15, 0.2) is 54.6 Å². The fourth-order valence-corrected chi connectivity index (χ4v) is 3.21. The van der Waals surface area contributed by atoms with Crippen molar-refractivity contribution in [1.29, 1.82) is 0 Å². The number of nitrogens with zero attached hydrogens (tertiary/aromatic N) is 2. The molecule has 0 aliphatic carbocycles. The van der Waals surface area contributed by atoms with Crippen LogP contribution < -0.4 is 10.6 Å². The van der Waals surface area contributed by atoms with Gasteiger partial charge in [0.15, 0.2) is 6.61 Å². The van der Waals surface area contributed by atoms with Crippen molar-refractivity contribution < 1.29 is 23.9 Å². The highest BCUT2D eigenvalue weighted by Crippen LogP contribution is 2.09. The van der Waals surface area contributed by atoms with Crippen molar-refractivity contribution in [3.8, 4) is 0 Å². The number of anilines is 1. The summed E-state index contributed by atoms with van der Waals surface area (Å²) >= 11 is 0. The van der Waals surface area contributed by atoms with Crippen molar-refractivity contribution in [2.24, 2.45) is 0 Å². The van der Waals surface area contributed by atoms with Gasteiger partial charge in [-0.1, -0.05) is 35.9 Å². The second kappa shape index (κ2) is 10.9. The van der Waals surface area contributed by atoms with Crippen molar-refractivity contribution in [3.05, 3.63) is 65.7 Å². The van der Waals surface area contributed by atoms with E-state index in [4.69, 9.17) is 4.74 Å². The van der Waals surface area contributed by atoms with Crippen LogP contribution in [0.25, 0.3) is 0 Å². The number of aryl methyl sites for hydroxylation is 1. The molecule has 0 aromatic heterocycles. The lowest BCUT2D eigenvalue weighted by Gasteiger charge is -2.34. The maximum atomic E-state index is 12.3. The first-order valence-electron chi connectivity index (χ1n) is 10.3. The number of benzene rings is 2. The number of para-hydroxylation sites is 1. The summed E-state index contributed by atoms with van der Waals surface area (Å²) in [5.41, 5.74) is 2.09. The molecule has 0 saturated carbocycles. The Labute approximate surface area is 186 Å². The van der Waals surface area contributed by atoms with Gasteiger partial charge in [0, 0.05) is 37.4 Å². The molecule has 0 atom stereocenters. The molecule has 2 aromatic rings. The van der Waals surface area contributed by atoms with Crippen molar-refractivity contribution in [2.45, 2.75) is 6.92 Å². The molecule has 1 fully saturated rings. The summed E-state index contributed by atoms with van der Waals surface area (Å²) in [6.45, 7) is 2.59. The molecule has 3 rings (SSSR count). The predicted octanol–water partition coefficient (Wildman–Crippen LogP) is 1.64. The summed E-state index contributed by atoms with van der Waals surface area (Å²) < 4.78 is 4.98. The van der Waals surface area contributed by atoms with Crippen molar-refractivity contribution in [3.63, 3.8) is 0 Å². The van der Waals surface area contributed by atoms with Gasteiger partial charge < -0.3 is 25.2 Å². The summed E-state index contributed by atoms with van der Waals surface area (Å²) in [5.74, 6) is -1.42. The molecule has 4 amide bonds. The van der Waals surface area contributed by atoms with Gasteiger partial charge in [0.05, 0.1) is 0 Å². The minimum absolute atomic E-state index is 0.223. The zero-order valence-corrected chi connectivity index (χ0v) is 17.9. The van der Waals surface area contributed by atoms with E-state index in [1.54, 1.807) is 40.1 Å². The smallest absolute Gasteiger partial charge is 0.325 e. The fourth-order valence-electron chi connectivity index (χ4n) is 3.21. The van der Waals surface area contributed by atoms with Gasteiger partial charge in [-0.05, 0) is 31.2 Å². The van der Waals surface area contributed by atoms with Gasteiger partial charge in [0.1, 0.15) is 6.54 Å². The third-order valence-corrected chi connectivity index (χ3v) is 4.97. The molecule has 0 bridgehead atoms. The monoisotopic (exact) mass is 438 g/mol. The summed E-state index contributed by atoms with van der Waals surface area (Å²) in [7, 11) is 0. The number of carbonyl (C=O) groups is 4. The zero-order valence-electron chi connectivity index (χ0n) is 17.9. The molecule has 1 aliphatic rings.